The molecule has 4 nitrogen and oxygen atoms in total. The first-order valence-electron chi connectivity index (χ1n) is 6.89. The highest BCUT2D eigenvalue weighted by molar-refractivity contribution is 8.00. The molecule has 0 aliphatic carbocycles. The van der Waals surface area contributed by atoms with Gasteiger partial charge in [-0.1, -0.05) is 24.3 Å². The number of para-hydroxylation sites is 1. The molecule has 0 aliphatic heterocycles. The first kappa shape index (κ1) is 14.5. The van der Waals surface area contributed by atoms with E-state index in [1.54, 1.807) is 13.2 Å². The van der Waals surface area contributed by atoms with Crippen molar-refractivity contribution in [3.63, 3.8) is 0 Å². The number of ether oxygens (including phenoxy) is 1. The first-order valence-corrected chi connectivity index (χ1v) is 7.87. The fraction of sp³-hybridized carbons (Fsp3) is 0.118. The van der Waals surface area contributed by atoms with Gasteiger partial charge in [-0.15, -0.1) is 11.8 Å². The lowest BCUT2D eigenvalue weighted by molar-refractivity contribution is -0.113. The molecule has 22 heavy (non-hydrogen) atoms. The largest absolute Gasteiger partial charge is 0.497 e. The van der Waals surface area contributed by atoms with Crippen molar-refractivity contribution >= 4 is 34.3 Å². The van der Waals surface area contributed by atoms with E-state index in [0.717, 1.165) is 27.2 Å². The van der Waals surface area contributed by atoms with Gasteiger partial charge in [0.1, 0.15) is 5.75 Å². The van der Waals surface area contributed by atoms with Crippen LogP contribution in [0.25, 0.3) is 10.9 Å². The van der Waals surface area contributed by atoms with Gasteiger partial charge < -0.3 is 15.0 Å². The Balaban J connectivity index is 1.62. The molecule has 1 aromatic heterocycles. The molecule has 112 valence electrons. The van der Waals surface area contributed by atoms with Crippen molar-refractivity contribution in [3.05, 3.63) is 54.7 Å². The summed E-state index contributed by atoms with van der Waals surface area (Å²) < 4.78 is 5.14. The fourth-order valence-electron chi connectivity index (χ4n) is 2.21. The minimum atomic E-state index is -0.0384. The van der Waals surface area contributed by atoms with Crippen LogP contribution >= 0.6 is 11.8 Å². The van der Waals surface area contributed by atoms with E-state index >= 15 is 0 Å². The van der Waals surface area contributed by atoms with Gasteiger partial charge in [-0.3, -0.25) is 4.79 Å². The summed E-state index contributed by atoms with van der Waals surface area (Å²) in [6.45, 7) is 0. The van der Waals surface area contributed by atoms with E-state index in [1.165, 1.54) is 11.8 Å². The van der Waals surface area contributed by atoms with Crippen molar-refractivity contribution < 1.29 is 9.53 Å². The average molecular weight is 312 g/mol. The average Bonchev–Trinajstić information content (AvgIpc) is 2.96. The Morgan fingerprint density at radius 1 is 1.23 bits per heavy atom. The highest BCUT2D eigenvalue weighted by Crippen LogP contribution is 2.27. The molecule has 0 atom stereocenters. The van der Waals surface area contributed by atoms with E-state index in [1.807, 2.05) is 48.7 Å². The predicted molar refractivity (Wildman–Crippen MR) is 90.6 cm³/mol. The lowest BCUT2D eigenvalue weighted by atomic mass is 10.2. The molecule has 2 aromatic carbocycles. The van der Waals surface area contributed by atoms with Crippen LogP contribution in [-0.4, -0.2) is 23.8 Å². The topological polar surface area (TPSA) is 54.1 Å². The second kappa shape index (κ2) is 6.58. The number of benzene rings is 2. The molecule has 0 saturated carbocycles. The Morgan fingerprint density at radius 3 is 2.95 bits per heavy atom. The minimum absolute atomic E-state index is 0.0384. The number of thioether (sulfide) groups is 1. The monoisotopic (exact) mass is 312 g/mol. The summed E-state index contributed by atoms with van der Waals surface area (Å²) in [5, 5.41) is 4.02. The molecule has 0 radical (unpaired) electrons. The van der Waals surface area contributed by atoms with Gasteiger partial charge >= 0.3 is 0 Å². The smallest absolute Gasteiger partial charge is 0.234 e. The predicted octanol–water partition coefficient (Wildman–Crippen LogP) is 3.91. The Morgan fingerprint density at radius 2 is 2.09 bits per heavy atom. The number of aromatic amines is 1. The van der Waals surface area contributed by atoms with Gasteiger partial charge in [0.15, 0.2) is 0 Å². The number of nitrogens with one attached hydrogen (secondary N) is 2. The van der Waals surface area contributed by atoms with E-state index < -0.39 is 0 Å². The number of methoxy groups -OCH3 is 1. The number of hydrogen-bond acceptors (Lipinski definition) is 3. The lowest BCUT2D eigenvalue weighted by Gasteiger charge is -2.06. The first-order chi connectivity index (χ1) is 10.8. The van der Waals surface area contributed by atoms with Crippen LogP contribution in [0.2, 0.25) is 0 Å². The standard InChI is InChI=1S/C17H16N2O2S/c1-21-13-6-4-5-12(9-13)19-17(20)11-22-16-10-18-15-8-3-2-7-14(15)16/h2-10,18H,11H2,1H3,(H,19,20). The third kappa shape index (κ3) is 3.26. The molecule has 3 aromatic rings. The molecule has 0 unspecified atom stereocenters. The van der Waals surface area contributed by atoms with E-state index in [2.05, 4.69) is 10.3 Å². The Hall–Kier alpha value is -2.40. The van der Waals surface area contributed by atoms with Crippen LogP contribution in [0.15, 0.2) is 59.6 Å². The summed E-state index contributed by atoms with van der Waals surface area (Å²) in [7, 11) is 1.60. The maximum atomic E-state index is 12.1. The van der Waals surface area contributed by atoms with E-state index in [4.69, 9.17) is 4.74 Å². The van der Waals surface area contributed by atoms with Crippen molar-refractivity contribution in [3.8, 4) is 5.75 Å². The number of carbonyl (C=O) groups is 1. The van der Waals surface area contributed by atoms with Crippen molar-refractivity contribution in [1.29, 1.82) is 0 Å². The zero-order chi connectivity index (χ0) is 15.4. The van der Waals surface area contributed by atoms with Gasteiger partial charge in [0.2, 0.25) is 5.91 Å². The lowest BCUT2D eigenvalue weighted by Crippen LogP contribution is -2.13. The molecule has 5 heteroatoms. The molecular weight excluding hydrogens is 296 g/mol. The number of hydrogen-bond donors (Lipinski definition) is 2. The molecule has 0 fully saturated rings. The summed E-state index contributed by atoms with van der Waals surface area (Å²) in [4.78, 5) is 16.3. The molecular formula is C17H16N2O2S. The van der Waals surface area contributed by atoms with Crippen molar-refractivity contribution in [2.45, 2.75) is 4.90 Å². The van der Waals surface area contributed by atoms with Crippen molar-refractivity contribution in [1.82, 2.24) is 4.98 Å². The third-order valence-corrected chi connectivity index (χ3v) is 4.32. The van der Waals surface area contributed by atoms with E-state index in [9.17, 15) is 4.79 Å². The number of amides is 1. The molecule has 1 heterocycles. The zero-order valence-corrected chi connectivity index (χ0v) is 12.9. The van der Waals surface area contributed by atoms with Crippen LogP contribution in [0.1, 0.15) is 0 Å². The number of rotatable bonds is 5. The highest BCUT2D eigenvalue weighted by Gasteiger charge is 2.08. The molecule has 0 bridgehead atoms. The summed E-state index contributed by atoms with van der Waals surface area (Å²) in [5.74, 6) is 1.05. The quantitative estimate of drug-likeness (QED) is 0.702. The second-order valence-corrected chi connectivity index (χ2v) is 5.78. The number of H-pyrrole nitrogens is 1. The maximum Gasteiger partial charge on any atom is 0.234 e. The van der Waals surface area contributed by atoms with Crippen LogP contribution < -0.4 is 10.1 Å². The maximum absolute atomic E-state index is 12.1. The van der Waals surface area contributed by atoms with Crippen LogP contribution in [-0.2, 0) is 4.79 Å². The van der Waals surface area contributed by atoms with Gasteiger partial charge in [0, 0.05) is 33.7 Å². The van der Waals surface area contributed by atoms with Crippen LogP contribution in [0.3, 0.4) is 0 Å². The molecule has 1 amide bonds. The fourth-order valence-corrected chi connectivity index (χ4v) is 3.04. The van der Waals surface area contributed by atoms with Crippen LogP contribution in [0, 0.1) is 0 Å². The van der Waals surface area contributed by atoms with Gasteiger partial charge in [0.25, 0.3) is 0 Å². The Labute approximate surface area is 132 Å². The van der Waals surface area contributed by atoms with E-state index in [-0.39, 0.29) is 5.91 Å². The molecule has 0 spiro atoms. The van der Waals surface area contributed by atoms with Crippen LogP contribution in [0.5, 0.6) is 5.75 Å². The van der Waals surface area contributed by atoms with Gasteiger partial charge in [0.05, 0.1) is 12.9 Å². The third-order valence-electron chi connectivity index (χ3n) is 3.26. The van der Waals surface area contributed by atoms with Crippen molar-refractivity contribution in [2.75, 3.05) is 18.2 Å². The molecule has 3 rings (SSSR count). The van der Waals surface area contributed by atoms with Gasteiger partial charge in [-0.05, 0) is 18.2 Å². The number of fused-ring (bicyclic) bond motifs is 1. The second-order valence-electron chi connectivity index (χ2n) is 4.77. The summed E-state index contributed by atoms with van der Waals surface area (Å²) in [6.07, 6.45) is 1.94. The van der Waals surface area contributed by atoms with E-state index in [0.29, 0.717) is 5.75 Å². The van der Waals surface area contributed by atoms with Gasteiger partial charge in [-0.25, -0.2) is 0 Å². The van der Waals surface area contributed by atoms with Gasteiger partial charge in [-0.2, -0.15) is 0 Å². The Bertz CT molecular complexity index is 798. The minimum Gasteiger partial charge on any atom is -0.497 e. The zero-order valence-electron chi connectivity index (χ0n) is 12.1. The summed E-state index contributed by atoms with van der Waals surface area (Å²) in [5.41, 5.74) is 1.82. The van der Waals surface area contributed by atoms with Crippen molar-refractivity contribution in [2.24, 2.45) is 0 Å². The molecule has 2 N–H and O–H groups in total. The SMILES string of the molecule is COc1cccc(NC(=O)CSc2c[nH]c3ccccc23)c1. The highest BCUT2D eigenvalue weighted by atomic mass is 32.2. The number of aromatic nitrogens is 1. The summed E-state index contributed by atoms with van der Waals surface area (Å²) in [6, 6.07) is 15.4. The number of carbonyl (C=O) groups excluding carboxylic acids is 1. The normalized spacial score (nSPS) is 10.6. The van der Waals surface area contributed by atoms with Crippen LogP contribution in [0.4, 0.5) is 5.69 Å². The molecule has 0 aliphatic rings. The molecule has 0 saturated heterocycles. The summed E-state index contributed by atoms with van der Waals surface area (Å²) >= 11 is 1.52. The Kier molecular flexibility index (Phi) is 4.34. The number of anilines is 1.